The maximum Gasteiger partial charge on any atom is 0.0999 e. The maximum atomic E-state index is 5.41. The minimum atomic E-state index is 0.424. The summed E-state index contributed by atoms with van der Waals surface area (Å²) in [5, 5.41) is 0. The van der Waals surface area contributed by atoms with Crippen LogP contribution >= 0.6 is 0 Å². The first-order valence-corrected chi connectivity index (χ1v) is 4.54. The number of hydrogen-bond donors (Lipinski definition) is 0. The molecule has 1 aliphatic rings. The lowest BCUT2D eigenvalue weighted by atomic mass is 10.0. The van der Waals surface area contributed by atoms with Crippen LogP contribution in [-0.4, -0.2) is 18.9 Å². The normalized spacial score (nSPS) is 17.5. The Bertz CT molecular complexity index is 401. The fourth-order valence-electron chi connectivity index (χ4n) is 1.54. The maximum absolute atomic E-state index is 5.41. The summed E-state index contributed by atoms with van der Waals surface area (Å²) in [5.74, 6) is 2.50. The van der Waals surface area contributed by atoms with E-state index in [0.29, 0.717) is 19.8 Å². The van der Waals surface area contributed by atoms with Crippen molar-refractivity contribution < 1.29 is 4.74 Å². The molecule has 0 radical (unpaired) electrons. The Morgan fingerprint density at radius 2 is 2.21 bits per heavy atom. The van der Waals surface area contributed by atoms with Gasteiger partial charge in [-0.15, -0.1) is 6.42 Å². The molecule has 1 aliphatic heterocycles. The van der Waals surface area contributed by atoms with Gasteiger partial charge in [0.25, 0.3) is 0 Å². The number of fused-ring (bicyclic) bond motifs is 1. The summed E-state index contributed by atoms with van der Waals surface area (Å²) in [4.78, 5) is 4.30. The summed E-state index contributed by atoms with van der Waals surface area (Å²) in [6.07, 6.45) is 5.17. The molecule has 0 N–H and O–H groups in total. The average Bonchev–Trinajstić information content (AvgIpc) is 2.26. The van der Waals surface area contributed by atoms with E-state index in [1.165, 1.54) is 11.1 Å². The predicted octanol–water partition coefficient (Wildman–Crippen LogP) is 1.64. The molecule has 0 saturated carbocycles. The molecule has 0 aromatic heterocycles. The Hall–Kier alpha value is -1.59. The number of hydrogen-bond acceptors (Lipinski definition) is 2. The first-order chi connectivity index (χ1) is 6.92. The molecule has 1 aromatic carbocycles. The molecule has 0 fully saturated rings. The van der Waals surface area contributed by atoms with E-state index in [4.69, 9.17) is 11.2 Å². The van der Waals surface area contributed by atoms with Crippen LogP contribution in [0, 0.1) is 12.3 Å². The van der Waals surface area contributed by atoms with E-state index in [9.17, 15) is 0 Å². The lowest BCUT2D eigenvalue weighted by Gasteiger charge is -2.17. The predicted molar refractivity (Wildman–Crippen MR) is 56.3 cm³/mol. The largest absolute Gasteiger partial charge is 0.370 e. The van der Waals surface area contributed by atoms with Gasteiger partial charge in [0.15, 0.2) is 0 Å². The third kappa shape index (κ3) is 1.68. The van der Waals surface area contributed by atoms with Crippen molar-refractivity contribution in [3.05, 3.63) is 35.4 Å². The van der Waals surface area contributed by atoms with Crippen molar-refractivity contribution in [2.24, 2.45) is 4.99 Å². The fourth-order valence-corrected chi connectivity index (χ4v) is 1.54. The number of terminal acetylenes is 1. The van der Waals surface area contributed by atoms with Gasteiger partial charge in [-0.25, -0.2) is 0 Å². The van der Waals surface area contributed by atoms with Crippen LogP contribution < -0.4 is 0 Å². The smallest absolute Gasteiger partial charge is 0.0999 e. The van der Waals surface area contributed by atoms with Gasteiger partial charge < -0.3 is 4.74 Å². The molecule has 0 atom stereocenters. The Kier molecular flexibility index (Phi) is 2.62. The quantitative estimate of drug-likeness (QED) is 0.609. The van der Waals surface area contributed by atoms with Crippen molar-refractivity contribution in [1.82, 2.24) is 0 Å². The number of nitrogens with zero attached hydrogens (tertiary/aromatic N) is 1. The van der Waals surface area contributed by atoms with E-state index >= 15 is 0 Å². The second kappa shape index (κ2) is 4.08. The SMILES string of the molecule is C#CCN=C1COCc2ccccc21. The molecule has 14 heavy (non-hydrogen) atoms. The van der Waals surface area contributed by atoms with Gasteiger partial charge in [-0.3, -0.25) is 4.99 Å². The third-order valence-electron chi connectivity index (χ3n) is 2.19. The molecule has 0 bridgehead atoms. The number of benzene rings is 1. The zero-order valence-corrected chi connectivity index (χ0v) is 7.86. The second-order valence-electron chi connectivity index (χ2n) is 3.12. The lowest BCUT2D eigenvalue weighted by molar-refractivity contribution is 0.152. The fraction of sp³-hybridized carbons (Fsp3) is 0.250. The van der Waals surface area contributed by atoms with Crippen LogP contribution in [0.3, 0.4) is 0 Å². The zero-order valence-electron chi connectivity index (χ0n) is 7.86. The van der Waals surface area contributed by atoms with Crippen LogP contribution in [0.4, 0.5) is 0 Å². The number of ether oxygens (including phenoxy) is 1. The zero-order chi connectivity index (χ0) is 9.80. The molecular formula is C12H11NO. The first-order valence-electron chi connectivity index (χ1n) is 4.54. The van der Waals surface area contributed by atoms with E-state index in [-0.39, 0.29) is 0 Å². The molecule has 0 aliphatic carbocycles. The van der Waals surface area contributed by atoms with Crippen LogP contribution in [0.25, 0.3) is 0 Å². The van der Waals surface area contributed by atoms with Crippen LogP contribution in [0.2, 0.25) is 0 Å². The molecule has 2 nitrogen and oxygen atoms in total. The van der Waals surface area contributed by atoms with Crippen molar-refractivity contribution in [1.29, 1.82) is 0 Å². The van der Waals surface area contributed by atoms with Crippen molar-refractivity contribution in [3.8, 4) is 12.3 Å². The van der Waals surface area contributed by atoms with E-state index in [1.54, 1.807) is 0 Å². The minimum absolute atomic E-state index is 0.424. The van der Waals surface area contributed by atoms with Gasteiger partial charge in [-0.05, 0) is 5.56 Å². The molecule has 1 aromatic rings. The highest BCUT2D eigenvalue weighted by atomic mass is 16.5. The molecule has 0 saturated heterocycles. The Morgan fingerprint density at radius 1 is 1.36 bits per heavy atom. The van der Waals surface area contributed by atoms with Crippen LogP contribution in [-0.2, 0) is 11.3 Å². The van der Waals surface area contributed by atoms with E-state index in [2.05, 4.69) is 23.0 Å². The van der Waals surface area contributed by atoms with E-state index in [0.717, 1.165) is 5.71 Å². The average molecular weight is 185 g/mol. The molecule has 2 heteroatoms. The molecule has 0 amide bonds. The van der Waals surface area contributed by atoms with Gasteiger partial charge in [0.2, 0.25) is 0 Å². The minimum Gasteiger partial charge on any atom is -0.370 e. The van der Waals surface area contributed by atoms with E-state index < -0.39 is 0 Å². The summed E-state index contributed by atoms with van der Waals surface area (Å²) in [6, 6.07) is 8.13. The third-order valence-corrected chi connectivity index (χ3v) is 2.19. The first kappa shape index (κ1) is 8.98. The van der Waals surface area contributed by atoms with Crippen LogP contribution in [0.1, 0.15) is 11.1 Å². The monoisotopic (exact) mass is 185 g/mol. The summed E-state index contributed by atoms with van der Waals surface area (Å²) >= 11 is 0. The van der Waals surface area contributed by atoms with Crippen LogP contribution in [0.15, 0.2) is 29.3 Å². The highest BCUT2D eigenvalue weighted by molar-refractivity contribution is 6.03. The van der Waals surface area contributed by atoms with Gasteiger partial charge in [0.05, 0.1) is 25.5 Å². The van der Waals surface area contributed by atoms with Gasteiger partial charge in [0, 0.05) is 5.56 Å². The topological polar surface area (TPSA) is 21.6 Å². The second-order valence-corrected chi connectivity index (χ2v) is 3.12. The number of aliphatic imine (C=N–C) groups is 1. The molecule has 0 spiro atoms. The van der Waals surface area contributed by atoms with E-state index in [1.807, 2.05) is 12.1 Å². The highest BCUT2D eigenvalue weighted by Crippen LogP contribution is 2.16. The highest BCUT2D eigenvalue weighted by Gasteiger charge is 2.14. The molecular weight excluding hydrogens is 174 g/mol. The van der Waals surface area contributed by atoms with Gasteiger partial charge in [-0.2, -0.15) is 0 Å². The Balaban J connectivity index is 2.36. The van der Waals surface area contributed by atoms with Gasteiger partial charge in [0.1, 0.15) is 0 Å². The summed E-state index contributed by atoms with van der Waals surface area (Å²) in [5.41, 5.74) is 3.33. The number of rotatable bonds is 1. The van der Waals surface area contributed by atoms with Gasteiger partial charge in [-0.1, -0.05) is 30.2 Å². The van der Waals surface area contributed by atoms with Crippen molar-refractivity contribution in [3.63, 3.8) is 0 Å². The summed E-state index contributed by atoms with van der Waals surface area (Å²) < 4.78 is 5.41. The molecule has 70 valence electrons. The van der Waals surface area contributed by atoms with Gasteiger partial charge >= 0.3 is 0 Å². The van der Waals surface area contributed by atoms with Crippen molar-refractivity contribution in [2.75, 3.05) is 13.2 Å². The Morgan fingerprint density at radius 3 is 3.07 bits per heavy atom. The Labute approximate surface area is 83.6 Å². The lowest BCUT2D eigenvalue weighted by Crippen LogP contribution is -2.19. The molecule has 2 rings (SSSR count). The standard InChI is InChI=1S/C12H11NO/c1-2-7-13-12-9-14-8-10-5-3-4-6-11(10)12/h1,3-6H,7-9H2. The molecule has 1 heterocycles. The summed E-state index contributed by atoms with van der Waals surface area (Å²) in [6.45, 7) is 1.66. The van der Waals surface area contributed by atoms with Crippen LogP contribution in [0.5, 0.6) is 0 Å². The van der Waals surface area contributed by atoms with Crippen molar-refractivity contribution >= 4 is 5.71 Å². The van der Waals surface area contributed by atoms with Crippen molar-refractivity contribution in [2.45, 2.75) is 6.61 Å². The molecule has 0 unspecified atom stereocenters. The summed E-state index contributed by atoms with van der Waals surface area (Å²) in [7, 11) is 0.